The molecule has 112 valence electrons. The molecule has 5 heteroatoms. The molecule has 1 aromatic rings. The van der Waals surface area contributed by atoms with Crippen molar-refractivity contribution < 1.29 is 9.84 Å². The first-order valence-electron chi connectivity index (χ1n) is 7.12. The van der Waals surface area contributed by atoms with Crippen LogP contribution in [0.25, 0.3) is 0 Å². The lowest BCUT2D eigenvalue weighted by atomic mass is 9.83. The minimum absolute atomic E-state index is 0.180. The molecule has 2 N–H and O–H groups in total. The maximum Gasteiger partial charge on any atom is 0.156 e. The molecule has 0 spiro atoms. The second-order valence-corrected chi connectivity index (χ2v) is 6.12. The highest BCUT2D eigenvalue weighted by Gasteiger charge is 2.16. The second-order valence-electron chi connectivity index (χ2n) is 5.31. The summed E-state index contributed by atoms with van der Waals surface area (Å²) in [5.41, 5.74) is 0. The Balaban J connectivity index is 1.62. The summed E-state index contributed by atoms with van der Waals surface area (Å²) in [4.78, 5) is 0. The Morgan fingerprint density at radius 1 is 1.30 bits per heavy atom. The molecule has 0 amide bonds. The van der Waals surface area contributed by atoms with Gasteiger partial charge in [0.1, 0.15) is 12.7 Å². The quantitative estimate of drug-likeness (QED) is 0.721. The molecule has 2 rings (SSSR count). The number of ether oxygens (including phenoxy) is 1. The highest BCUT2D eigenvalue weighted by molar-refractivity contribution is 6.37. The van der Waals surface area contributed by atoms with Crippen molar-refractivity contribution in [3.05, 3.63) is 28.2 Å². The molecule has 0 heterocycles. The summed E-state index contributed by atoms with van der Waals surface area (Å²) >= 11 is 12.0. The predicted octanol–water partition coefficient (Wildman–Crippen LogP) is 3.51. The molecule has 1 unspecified atom stereocenters. The molecule has 0 saturated heterocycles. The van der Waals surface area contributed by atoms with E-state index in [-0.39, 0.29) is 6.61 Å². The van der Waals surface area contributed by atoms with Crippen LogP contribution in [0.4, 0.5) is 0 Å². The van der Waals surface area contributed by atoms with Gasteiger partial charge in [-0.3, -0.25) is 0 Å². The molecule has 0 radical (unpaired) electrons. The Morgan fingerprint density at radius 2 is 2.00 bits per heavy atom. The lowest BCUT2D eigenvalue weighted by Crippen LogP contribution is -2.33. The molecule has 1 atom stereocenters. The Labute approximate surface area is 130 Å². The number of aliphatic hydroxyl groups excluding tert-OH is 1. The van der Waals surface area contributed by atoms with Gasteiger partial charge >= 0.3 is 0 Å². The van der Waals surface area contributed by atoms with E-state index in [1.807, 2.05) is 0 Å². The van der Waals surface area contributed by atoms with Crippen molar-refractivity contribution in [1.82, 2.24) is 5.32 Å². The maximum absolute atomic E-state index is 9.86. The van der Waals surface area contributed by atoms with Crippen molar-refractivity contribution in [2.45, 2.75) is 31.8 Å². The molecule has 0 aromatic heterocycles. The van der Waals surface area contributed by atoms with Crippen molar-refractivity contribution in [2.24, 2.45) is 5.92 Å². The van der Waals surface area contributed by atoms with Gasteiger partial charge in [-0.05, 0) is 31.0 Å². The summed E-state index contributed by atoms with van der Waals surface area (Å²) in [5, 5.41) is 14.0. The van der Waals surface area contributed by atoms with Crippen LogP contribution in [0.3, 0.4) is 0 Å². The number of hydrogen-bond donors (Lipinski definition) is 2. The zero-order valence-electron chi connectivity index (χ0n) is 11.4. The Hall–Kier alpha value is -0.480. The van der Waals surface area contributed by atoms with E-state index < -0.39 is 6.10 Å². The molecule has 0 bridgehead atoms. The number of halogens is 2. The largest absolute Gasteiger partial charge is 0.488 e. The minimum Gasteiger partial charge on any atom is -0.488 e. The highest BCUT2D eigenvalue weighted by Crippen LogP contribution is 2.32. The van der Waals surface area contributed by atoms with Crippen LogP contribution in [0.2, 0.25) is 10.0 Å². The first-order valence-corrected chi connectivity index (χ1v) is 7.88. The molecule has 20 heavy (non-hydrogen) atoms. The molecule has 3 nitrogen and oxygen atoms in total. The monoisotopic (exact) mass is 317 g/mol. The van der Waals surface area contributed by atoms with E-state index in [2.05, 4.69) is 5.32 Å². The van der Waals surface area contributed by atoms with E-state index in [0.29, 0.717) is 22.3 Å². The van der Waals surface area contributed by atoms with E-state index in [4.69, 9.17) is 27.9 Å². The van der Waals surface area contributed by atoms with Crippen LogP contribution in [-0.2, 0) is 0 Å². The summed E-state index contributed by atoms with van der Waals surface area (Å²) < 4.78 is 5.49. The summed E-state index contributed by atoms with van der Waals surface area (Å²) in [6, 6.07) is 5.19. The summed E-state index contributed by atoms with van der Waals surface area (Å²) in [6.45, 7) is 1.66. The maximum atomic E-state index is 9.86. The third-order valence-electron chi connectivity index (χ3n) is 3.67. The fraction of sp³-hybridized carbons (Fsp3) is 0.600. The van der Waals surface area contributed by atoms with Crippen LogP contribution < -0.4 is 10.1 Å². The Kier molecular flexibility index (Phi) is 6.43. The fourth-order valence-electron chi connectivity index (χ4n) is 2.22. The van der Waals surface area contributed by atoms with Gasteiger partial charge in [-0.1, -0.05) is 48.5 Å². The molecule has 1 aliphatic rings. The van der Waals surface area contributed by atoms with Gasteiger partial charge < -0.3 is 15.2 Å². The average Bonchev–Trinajstić information content (AvgIpc) is 2.35. The molecular formula is C15H21Cl2NO2. The van der Waals surface area contributed by atoms with Gasteiger partial charge in [-0.25, -0.2) is 0 Å². The lowest BCUT2D eigenvalue weighted by Gasteiger charge is -2.25. The van der Waals surface area contributed by atoms with E-state index in [1.54, 1.807) is 18.2 Å². The predicted molar refractivity (Wildman–Crippen MR) is 82.8 cm³/mol. The lowest BCUT2D eigenvalue weighted by molar-refractivity contribution is 0.106. The first kappa shape index (κ1) is 15.9. The van der Waals surface area contributed by atoms with Crippen LogP contribution in [0.1, 0.15) is 25.7 Å². The summed E-state index contributed by atoms with van der Waals surface area (Å²) in [7, 11) is 0. The summed E-state index contributed by atoms with van der Waals surface area (Å²) in [6.07, 6.45) is 4.73. The van der Waals surface area contributed by atoms with Gasteiger partial charge in [0.2, 0.25) is 0 Å². The van der Waals surface area contributed by atoms with Gasteiger partial charge in [0.25, 0.3) is 0 Å². The third-order valence-corrected chi connectivity index (χ3v) is 4.27. The standard InChI is InChI=1S/C15H21Cl2NO2/c16-13-5-2-6-14(17)15(13)20-10-12(19)9-18-8-7-11-3-1-4-11/h2,5-6,11-12,18-19H,1,3-4,7-10H2. The SMILES string of the molecule is OC(CNCCC1CCC1)COc1c(Cl)cccc1Cl. The van der Waals surface area contributed by atoms with E-state index in [1.165, 1.54) is 25.7 Å². The number of hydrogen-bond acceptors (Lipinski definition) is 3. The molecule has 0 aliphatic heterocycles. The van der Waals surface area contributed by atoms with Crippen molar-refractivity contribution in [3.8, 4) is 5.75 Å². The minimum atomic E-state index is -0.566. The second kappa shape index (κ2) is 8.08. The average molecular weight is 318 g/mol. The Bertz CT molecular complexity index is 404. The van der Waals surface area contributed by atoms with E-state index >= 15 is 0 Å². The molecule has 1 saturated carbocycles. The number of nitrogens with one attached hydrogen (secondary N) is 1. The fourth-order valence-corrected chi connectivity index (χ4v) is 2.72. The Morgan fingerprint density at radius 3 is 2.60 bits per heavy atom. The van der Waals surface area contributed by atoms with E-state index in [0.717, 1.165) is 12.5 Å². The zero-order valence-corrected chi connectivity index (χ0v) is 13.0. The molecule has 1 fully saturated rings. The van der Waals surface area contributed by atoms with Gasteiger partial charge in [0, 0.05) is 6.54 Å². The number of benzene rings is 1. The smallest absolute Gasteiger partial charge is 0.156 e. The van der Waals surface area contributed by atoms with E-state index in [9.17, 15) is 5.11 Å². The number of para-hydroxylation sites is 1. The number of aliphatic hydroxyl groups is 1. The van der Waals surface area contributed by atoms with Crippen LogP contribution in [0, 0.1) is 5.92 Å². The van der Waals surface area contributed by atoms with Gasteiger partial charge in [0.15, 0.2) is 5.75 Å². The molecule has 1 aromatic carbocycles. The van der Waals surface area contributed by atoms with Crippen LogP contribution in [0.15, 0.2) is 18.2 Å². The topological polar surface area (TPSA) is 41.5 Å². The van der Waals surface area contributed by atoms with Crippen molar-refractivity contribution in [3.63, 3.8) is 0 Å². The van der Waals surface area contributed by atoms with Crippen molar-refractivity contribution in [1.29, 1.82) is 0 Å². The third kappa shape index (κ3) is 4.81. The number of rotatable bonds is 8. The molecular weight excluding hydrogens is 297 g/mol. The van der Waals surface area contributed by atoms with Gasteiger partial charge in [-0.2, -0.15) is 0 Å². The van der Waals surface area contributed by atoms with Crippen molar-refractivity contribution in [2.75, 3.05) is 19.7 Å². The summed E-state index contributed by atoms with van der Waals surface area (Å²) in [5.74, 6) is 1.32. The highest BCUT2D eigenvalue weighted by atomic mass is 35.5. The van der Waals surface area contributed by atoms with Crippen LogP contribution in [0.5, 0.6) is 5.75 Å². The van der Waals surface area contributed by atoms with Gasteiger partial charge in [-0.15, -0.1) is 0 Å². The zero-order chi connectivity index (χ0) is 14.4. The van der Waals surface area contributed by atoms with Crippen LogP contribution in [-0.4, -0.2) is 30.9 Å². The van der Waals surface area contributed by atoms with Gasteiger partial charge in [0.05, 0.1) is 10.0 Å². The first-order chi connectivity index (χ1) is 9.66. The molecule has 1 aliphatic carbocycles. The normalized spacial score (nSPS) is 16.8. The van der Waals surface area contributed by atoms with Crippen molar-refractivity contribution >= 4 is 23.2 Å². The van der Waals surface area contributed by atoms with Crippen LogP contribution >= 0.6 is 23.2 Å².